The van der Waals surface area contributed by atoms with Crippen LogP contribution in [0.2, 0.25) is 0 Å². The predicted octanol–water partition coefficient (Wildman–Crippen LogP) is 3.74. The van der Waals surface area contributed by atoms with Crippen molar-refractivity contribution in [1.82, 2.24) is 4.90 Å². The van der Waals surface area contributed by atoms with E-state index in [-0.39, 0.29) is 18.3 Å². The van der Waals surface area contributed by atoms with Crippen molar-refractivity contribution in [2.45, 2.75) is 32.2 Å². The molecule has 4 rings (SSSR count). The normalized spacial score (nSPS) is 21.8. The van der Waals surface area contributed by atoms with Gasteiger partial charge in [-0.15, -0.1) is 23.7 Å². The Morgan fingerprint density at radius 3 is 2.79 bits per heavy atom. The zero-order chi connectivity index (χ0) is 16.0. The summed E-state index contributed by atoms with van der Waals surface area (Å²) < 4.78 is 0. The molecule has 2 aromatic rings. The number of fused-ring (bicyclic) bond motifs is 3. The molecule has 1 amide bonds. The minimum atomic E-state index is 0. The SMILES string of the molecule is CC1CC(CN)CN1C(=O)c1cc2c(s1)-c1ccccc1CC2.Cl. The van der Waals surface area contributed by atoms with Crippen LogP contribution in [-0.2, 0) is 12.8 Å². The van der Waals surface area contributed by atoms with E-state index in [2.05, 4.69) is 37.3 Å². The molecule has 2 atom stereocenters. The van der Waals surface area contributed by atoms with E-state index < -0.39 is 0 Å². The first-order valence-electron chi connectivity index (χ1n) is 8.39. The summed E-state index contributed by atoms with van der Waals surface area (Å²) >= 11 is 1.66. The molecule has 0 radical (unpaired) electrons. The molecule has 0 saturated carbocycles. The Balaban J connectivity index is 0.00000169. The highest BCUT2D eigenvalue weighted by atomic mass is 35.5. The molecule has 1 aliphatic carbocycles. The van der Waals surface area contributed by atoms with Crippen LogP contribution in [0.15, 0.2) is 30.3 Å². The van der Waals surface area contributed by atoms with Crippen molar-refractivity contribution < 1.29 is 4.79 Å². The van der Waals surface area contributed by atoms with Crippen molar-refractivity contribution in [3.8, 4) is 10.4 Å². The lowest BCUT2D eigenvalue weighted by molar-refractivity contribution is 0.0748. The van der Waals surface area contributed by atoms with Gasteiger partial charge in [-0.3, -0.25) is 4.79 Å². The average Bonchev–Trinajstić information content (AvgIpc) is 3.17. The van der Waals surface area contributed by atoms with Gasteiger partial charge in [0, 0.05) is 17.5 Å². The van der Waals surface area contributed by atoms with E-state index in [4.69, 9.17) is 5.73 Å². The van der Waals surface area contributed by atoms with Crippen LogP contribution in [0.5, 0.6) is 0 Å². The topological polar surface area (TPSA) is 46.3 Å². The molecule has 2 heterocycles. The highest BCUT2D eigenvalue weighted by Crippen LogP contribution is 2.40. The molecule has 24 heavy (non-hydrogen) atoms. The summed E-state index contributed by atoms with van der Waals surface area (Å²) in [5.41, 5.74) is 9.84. The van der Waals surface area contributed by atoms with Crippen LogP contribution in [-0.4, -0.2) is 29.9 Å². The second-order valence-corrected chi connectivity index (χ2v) is 7.82. The van der Waals surface area contributed by atoms with Crippen LogP contribution in [0.3, 0.4) is 0 Å². The van der Waals surface area contributed by atoms with Gasteiger partial charge in [0.1, 0.15) is 0 Å². The predicted molar refractivity (Wildman–Crippen MR) is 102 cm³/mol. The highest BCUT2D eigenvalue weighted by Gasteiger charge is 2.33. The van der Waals surface area contributed by atoms with Crippen molar-refractivity contribution in [3.63, 3.8) is 0 Å². The smallest absolute Gasteiger partial charge is 0.264 e. The molecule has 1 fully saturated rings. The molecule has 1 aromatic carbocycles. The van der Waals surface area contributed by atoms with Gasteiger partial charge in [0.15, 0.2) is 0 Å². The van der Waals surface area contributed by atoms with Gasteiger partial charge in [-0.2, -0.15) is 0 Å². The van der Waals surface area contributed by atoms with E-state index in [0.29, 0.717) is 18.5 Å². The molecule has 2 unspecified atom stereocenters. The minimum absolute atomic E-state index is 0. The third-order valence-electron chi connectivity index (χ3n) is 5.20. The number of aryl methyl sites for hydroxylation is 2. The zero-order valence-corrected chi connectivity index (χ0v) is 15.5. The molecule has 0 spiro atoms. The molecule has 0 bridgehead atoms. The number of nitrogens with zero attached hydrogens (tertiary/aromatic N) is 1. The van der Waals surface area contributed by atoms with Crippen LogP contribution < -0.4 is 5.73 Å². The Kier molecular flexibility index (Phi) is 5.00. The third kappa shape index (κ3) is 2.87. The summed E-state index contributed by atoms with van der Waals surface area (Å²) in [6, 6.07) is 11.0. The Hall–Kier alpha value is -1.36. The lowest BCUT2D eigenvalue weighted by Gasteiger charge is -2.20. The number of hydrogen-bond acceptors (Lipinski definition) is 3. The second-order valence-electron chi connectivity index (χ2n) is 6.77. The number of hydrogen-bond donors (Lipinski definition) is 1. The van der Waals surface area contributed by atoms with Gasteiger partial charge >= 0.3 is 0 Å². The molecule has 1 aromatic heterocycles. The van der Waals surface area contributed by atoms with E-state index in [9.17, 15) is 4.79 Å². The Bertz CT molecular complexity index is 758. The lowest BCUT2D eigenvalue weighted by Crippen LogP contribution is -2.33. The number of nitrogens with two attached hydrogens (primary N) is 1. The van der Waals surface area contributed by atoms with E-state index in [0.717, 1.165) is 30.7 Å². The fourth-order valence-corrected chi connectivity index (χ4v) is 5.14. The van der Waals surface area contributed by atoms with Crippen molar-refractivity contribution in [2.75, 3.05) is 13.1 Å². The summed E-state index contributed by atoms with van der Waals surface area (Å²) in [4.78, 5) is 17.1. The van der Waals surface area contributed by atoms with Gasteiger partial charge in [-0.25, -0.2) is 0 Å². The number of halogens is 1. The van der Waals surface area contributed by atoms with Crippen LogP contribution >= 0.6 is 23.7 Å². The first-order chi connectivity index (χ1) is 11.2. The molecule has 2 aliphatic rings. The monoisotopic (exact) mass is 362 g/mol. The lowest BCUT2D eigenvalue weighted by atomic mass is 9.91. The fourth-order valence-electron chi connectivity index (χ4n) is 3.91. The van der Waals surface area contributed by atoms with Crippen LogP contribution in [0.4, 0.5) is 0 Å². The van der Waals surface area contributed by atoms with Crippen LogP contribution in [0.25, 0.3) is 10.4 Å². The molecular weight excluding hydrogens is 340 g/mol. The summed E-state index contributed by atoms with van der Waals surface area (Å²) in [5, 5.41) is 0. The fraction of sp³-hybridized carbons (Fsp3) is 0.421. The summed E-state index contributed by atoms with van der Waals surface area (Å²) in [5.74, 6) is 0.634. The van der Waals surface area contributed by atoms with Gasteiger partial charge in [0.2, 0.25) is 0 Å². The highest BCUT2D eigenvalue weighted by molar-refractivity contribution is 7.17. The maximum absolute atomic E-state index is 12.9. The first-order valence-corrected chi connectivity index (χ1v) is 9.21. The van der Waals surface area contributed by atoms with Gasteiger partial charge < -0.3 is 10.6 Å². The molecule has 1 saturated heterocycles. The number of benzene rings is 1. The number of thiophene rings is 1. The maximum atomic E-state index is 12.9. The quantitative estimate of drug-likeness (QED) is 0.884. The molecule has 2 N–H and O–H groups in total. The van der Waals surface area contributed by atoms with Gasteiger partial charge in [0.05, 0.1) is 4.88 Å². The summed E-state index contributed by atoms with van der Waals surface area (Å²) in [6.07, 6.45) is 3.14. The van der Waals surface area contributed by atoms with E-state index in [1.54, 1.807) is 11.3 Å². The van der Waals surface area contributed by atoms with E-state index in [1.165, 1.54) is 21.6 Å². The maximum Gasteiger partial charge on any atom is 0.264 e. The molecule has 5 heteroatoms. The zero-order valence-electron chi connectivity index (χ0n) is 13.8. The molecule has 128 valence electrons. The van der Waals surface area contributed by atoms with Crippen molar-refractivity contribution in [1.29, 1.82) is 0 Å². The number of amides is 1. The third-order valence-corrected chi connectivity index (χ3v) is 6.40. The van der Waals surface area contributed by atoms with E-state index in [1.807, 2.05) is 4.90 Å². The summed E-state index contributed by atoms with van der Waals surface area (Å²) in [7, 11) is 0. The van der Waals surface area contributed by atoms with Crippen LogP contribution in [0.1, 0.15) is 34.1 Å². The van der Waals surface area contributed by atoms with Gasteiger partial charge in [-0.1, -0.05) is 24.3 Å². The molecule has 1 aliphatic heterocycles. The largest absolute Gasteiger partial charge is 0.335 e. The van der Waals surface area contributed by atoms with Gasteiger partial charge in [-0.05, 0) is 61.4 Å². The number of carbonyl (C=O) groups excluding carboxylic acids is 1. The Labute approximate surface area is 153 Å². The summed E-state index contributed by atoms with van der Waals surface area (Å²) in [6.45, 7) is 3.61. The van der Waals surface area contributed by atoms with Gasteiger partial charge in [0.25, 0.3) is 5.91 Å². The van der Waals surface area contributed by atoms with Crippen LogP contribution in [0, 0.1) is 5.92 Å². The average molecular weight is 363 g/mol. The number of likely N-dealkylation sites (tertiary alicyclic amines) is 1. The molecular formula is C19H23ClN2OS. The Morgan fingerprint density at radius 1 is 1.29 bits per heavy atom. The van der Waals surface area contributed by atoms with E-state index >= 15 is 0 Å². The van der Waals surface area contributed by atoms with Crippen molar-refractivity contribution in [3.05, 3.63) is 46.3 Å². The first kappa shape index (κ1) is 17.5. The van der Waals surface area contributed by atoms with Crippen molar-refractivity contribution in [2.24, 2.45) is 11.7 Å². The second kappa shape index (κ2) is 6.87. The minimum Gasteiger partial charge on any atom is -0.335 e. The number of rotatable bonds is 2. The number of carbonyl (C=O) groups is 1. The Morgan fingerprint density at radius 2 is 2.04 bits per heavy atom. The van der Waals surface area contributed by atoms with Crippen molar-refractivity contribution >= 4 is 29.7 Å². The standard InChI is InChI=1S/C19H22N2OS.ClH/c1-12-8-13(10-20)11-21(12)19(22)17-9-15-7-6-14-4-2-3-5-16(14)18(15)23-17;/h2-5,9,12-13H,6-8,10-11,20H2,1H3;1H. The molecule has 3 nitrogen and oxygen atoms in total.